The van der Waals surface area contributed by atoms with Crippen LogP contribution >= 0.6 is 23.2 Å². The molecule has 3 aromatic carbocycles. The number of anilines is 1. The van der Waals surface area contributed by atoms with Gasteiger partial charge >= 0.3 is 0 Å². The van der Waals surface area contributed by atoms with Crippen LogP contribution in [0.5, 0.6) is 11.5 Å². The molecule has 0 fully saturated rings. The first kappa shape index (κ1) is 21.3. The number of methoxy groups -OCH3 is 2. The summed E-state index contributed by atoms with van der Waals surface area (Å²) in [5.41, 5.74) is 0.969. The summed E-state index contributed by atoms with van der Waals surface area (Å²) in [7, 11) is -0.909. The number of benzene rings is 3. The van der Waals surface area contributed by atoms with Gasteiger partial charge in [0.05, 0.1) is 31.3 Å². The minimum atomic E-state index is -3.91. The highest BCUT2D eigenvalue weighted by Crippen LogP contribution is 2.37. The largest absolute Gasteiger partial charge is 0.497 e. The number of ether oxygens (including phenoxy) is 2. The minimum absolute atomic E-state index is 0.00405. The Hall–Kier alpha value is -2.41. The normalized spacial score (nSPS) is 11.2. The molecule has 3 aromatic rings. The summed E-state index contributed by atoms with van der Waals surface area (Å²) >= 11 is 12.3. The van der Waals surface area contributed by atoms with Gasteiger partial charge in [0.2, 0.25) is 0 Å². The maximum Gasteiger partial charge on any atom is 0.264 e. The summed E-state index contributed by atoms with van der Waals surface area (Å²) in [6.45, 7) is -0.00405. The van der Waals surface area contributed by atoms with Crippen molar-refractivity contribution >= 4 is 38.9 Å². The molecule has 3 rings (SSSR count). The Morgan fingerprint density at radius 3 is 2.24 bits per heavy atom. The summed E-state index contributed by atoms with van der Waals surface area (Å²) in [6.07, 6.45) is 0. The van der Waals surface area contributed by atoms with Gasteiger partial charge in [-0.1, -0.05) is 47.5 Å². The van der Waals surface area contributed by atoms with Crippen molar-refractivity contribution in [3.8, 4) is 11.5 Å². The number of nitrogens with zero attached hydrogens (tertiary/aromatic N) is 1. The van der Waals surface area contributed by atoms with Crippen molar-refractivity contribution in [2.75, 3.05) is 18.5 Å². The van der Waals surface area contributed by atoms with Gasteiger partial charge in [-0.3, -0.25) is 4.31 Å². The first-order valence-electron chi connectivity index (χ1n) is 8.60. The van der Waals surface area contributed by atoms with E-state index in [0.29, 0.717) is 32.8 Å². The van der Waals surface area contributed by atoms with Crippen LogP contribution in [0.25, 0.3) is 0 Å². The van der Waals surface area contributed by atoms with Crippen molar-refractivity contribution in [1.82, 2.24) is 0 Å². The van der Waals surface area contributed by atoms with Crippen LogP contribution < -0.4 is 13.8 Å². The Morgan fingerprint density at radius 2 is 1.62 bits per heavy atom. The van der Waals surface area contributed by atoms with Crippen molar-refractivity contribution in [3.63, 3.8) is 0 Å². The first-order valence-corrected chi connectivity index (χ1v) is 10.8. The van der Waals surface area contributed by atoms with Gasteiger partial charge in [-0.25, -0.2) is 8.42 Å². The van der Waals surface area contributed by atoms with Crippen LogP contribution in [0.3, 0.4) is 0 Å². The molecule has 0 aliphatic carbocycles. The van der Waals surface area contributed by atoms with E-state index in [1.54, 1.807) is 66.7 Å². The van der Waals surface area contributed by atoms with E-state index in [1.807, 2.05) is 0 Å². The highest BCUT2D eigenvalue weighted by Gasteiger charge is 2.28. The summed E-state index contributed by atoms with van der Waals surface area (Å²) in [5, 5.41) is 0.844. The Morgan fingerprint density at radius 1 is 0.897 bits per heavy atom. The third-order valence-corrected chi connectivity index (χ3v) is 6.68. The Kier molecular flexibility index (Phi) is 6.57. The van der Waals surface area contributed by atoms with Gasteiger partial charge < -0.3 is 9.47 Å². The fourth-order valence-electron chi connectivity index (χ4n) is 2.81. The van der Waals surface area contributed by atoms with Gasteiger partial charge in [-0.2, -0.15) is 0 Å². The predicted molar refractivity (Wildman–Crippen MR) is 116 cm³/mol. The highest BCUT2D eigenvalue weighted by atomic mass is 35.5. The molecule has 0 aliphatic heterocycles. The molecule has 0 heterocycles. The fraction of sp³-hybridized carbons (Fsp3) is 0.143. The van der Waals surface area contributed by atoms with E-state index in [0.717, 1.165) is 0 Å². The molecule has 0 unspecified atom stereocenters. The molecule has 8 heteroatoms. The molecular formula is C21H19Cl2NO4S. The van der Waals surface area contributed by atoms with Gasteiger partial charge in [0, 0.05) is 16.1 Å². The molecule has 0 radical (unpaired) electrons. The van der Waals surface area contributed by atoms with Gasteiger partial charge in [0.15, 0.2) is 0 Å². The van der Waals surface area contributed by atoms with Crippen molar-refractivity contribution in [2.24, 2.45) is 0 Å². The summed E-state index contributed by atoms with van der Waals surface area (Å²) in [4.78, 5) is 0.156. The zero-order valence-electron chi connectivity index (χ0n) is 15.8. The van der Waals surface area contributed by atoms with Crippen molar-refractivity contribution in [2.45, 2.75) is 11.4 Å². The maximum absolute atomic E-state index is 13.5. The zero-order chi connectivity index (χ0) is 21.0. The molecule has 0 N–H and O–H groups in total. The number of halogens is 2. The van der Waals surface area contributed by atoms with Gasteiger partial charge in [0.1, 0.15) is 11.5 Å². The SMILES string of the molecule is COc1ccc(N(Cc2ccc(Cl)cc2Cl)S(=O)(=O)c2ccccc2)c(OC)c1. The molecule has 0 amide bonds. The Balaban J connectivity index is 2.17. The van der Waals surface area contributed by atoms with Crippen molar-refractivity contribution in [3.05, 3.63) is 82.3 Å². The quantitative estimate of drug-likeness (QED) is 0.481. The second-order valence-electron chi connectivity index (χ2n) is 6.10. The molecule has 0 saturated heterocycles. The molecule has 152 valence electrons. The van der Waals surface area contributed by atoms with Crippen LogP contribution in [0, 0.1) is 0 Å². The van der Waals surface area contributed by atoms with Crippen LogP contribution in [-0.2, 0) is 16.6 Å². The van der Waals surface area contributed by atoms with E-state index in [-0.39, 0.29) is 11.4 Å². The number of rotatable bonds is 7. The lowest BCUT2D eigenvalue weighted by molar-refractivity contribution is 0.394. The van der Waals surface area contributed by atoms with E-state index in [1.165, 1.54) is 18.5 Å². The number of hydrogen-bond donors (Lipinski definition) is 0. The van der Waals surface area contributed by atoms with Crippen LogP contribution in [0.15, 0.2) is 71.6 Å². The molecule has 5 nitrogen and oxygen atoms in total. The lowest BCUT2D eigenvalue weighted by atomic mass is 10.2. The van der Waals surface area contributed by atoms with Crippen LogP contribution in [0.4, 0.5) is 5.69 Å². The average molecular weight is 452 g/mol. The second kappa shape index (κ2) is 8.95. The zero-order valence-corrected chi connectivity index (χ0v) is 18.1. The lowest BCUT2D eigenvalue weighted by Crippen LogP contribution is -2.31. The molecule has 0 atom stereocenters. The number of sulfonamides is 1. The molecule has 0 spiro atoms. The average Bonchev–Trinajstić information content (AvgIpc) is 2.73. The molecule has 0 aromatic heterocycles. The van der Waals surface area contributed by atoms with Gasteiger partial charge in [-0.05, 0) is 42.0 Å². The van der Waals surface area contributed by atoms with Crippen molar-refractivity contribution < 1.29 is 17.9 Å². The number of hydrogen-bond acceptors (Lipinski definition) is 4. The van der Waals surface area contributed by atoms with Gasteiger partial charge in [0.25, 0.3) is 10.0 Å². The summed E-state index contributed by atoms with van der Waals surface area (Å²) in [6, 6.07) is 18.1. The maximum atomic E-state index is 13.5. The molecule has 29 heavy (non-hydrogen) atoms. The standard InChI is InChI=1S/C21H19Cl2NO4S/c1-27-17-10-11-20(21(13-17)28-2)24(14-15-8-9-16(22)12-19(15)23)29(25,26)18-6-4-3-5-7-18/h3-13H,14H2,1-2H3. The molecule has 0 bridgehead atoms. The smallest absolute Gasteiger partial charge is 0.264 e. The van der Waals surface area contributed by atoms with Crippen LogP contribution in [-0.4, -0.2) is 22.6 Å². The first-order chi connectivity index (χ1) is 13.9. The summed E-state index contributed by atoms with van der Waals surface area (Å²) < 4.78 is 39.0. The van der Waals surface area contributed by atoms with E-state index in [4.69, 9.17) is 32.7 Å². The van der Waals surface area contributed by atoms with Crippen molar-refractivity contribution in [1.29, 1.82) is 0 Å². The second-order valence-corrected chi connectivity index (χ2v) is 8.80. The monoisotopic (exact) mass is 451 g/mol. The van der Waals surface area contributed by atoms with Gasteiger partial charge in [-0.15, -0.1) is 0 Å². The molecule has 0 saturated carbocycles. The molecular weight excluding hydrogens is 433 g/mol. The van der Waals surface area contributed by atoms with E-state index in [9.17, 15) is 8.42 Å². The van der Waals surface area contributed by atoms with E-state index < -0.39 is 10.0 Å². The predicted octanol–water partition coefficient (Wildman–Crippen LogP) is 5.41. The Bertz CT molecular complexity index is 1100. The molecule has 0 aliphatic rings. The van der Waals surface area contributed by atoms with E-state index in [2.05, 4.69) is 0 Å². The lowest BCUT2D eigenvalue weighted by Gasteiger charge is -2.27. The third-order valence-electron chi connectivity index (χ3n) is 4.32. The van der Waals surface area contributed by atoms with E-state index >= 15 is 0 Å². The topological polar surface area (TPSA) is 55.8 Å². The Labute approximate surface area is 180 Å². The fourth-order valence-corrected chi connectivity index (χ4v) is 4.76. The minimum Gasteiger partial charge on any atom is -0.497 e. The summed E-state index contributed by atoms with van der Waals surface area (Å²) in [5.74, 6) is 0.904. The highest BCUT2D eigenvalue weighted by molar-refractivity contribution is 7.92. The van der Waals surface area contributed by atoms with Crippen LogP contribution in [0.2, 0.25) is 10.0 Å². The third kappa shape index (κ3) is 4.61. The van der Waals surface area contributed by atoms with Crippen LogP contribution in [0.1, 0.15) is 5.56 Å².